The third-order valence-corrected chi connectivity index (χ3v) is 11.4. The van der Waals surface area contributed by atoms with E-state index in [1.807, 2.05) is 102 Å². The molecule has 1 aliphatic heterocycles. The zero-order valence-corrected chi connectivity index (χ0v) is 34.3. The predicted octanol–water partition coefficient (Wildman–Crippen LogP) is 11.7. The van der Waals surface area contributed by atoms with Crippen LogP contribution in [0.5, 0.6) is 0 Å². The van der Waals surface area contributed by atoms with Gasteiger partial charge in [0, 0.05) is 60.1 Å². The van der Waals surface area contributed by atoms with Crippen molar-refractivity contribution in [3.8, 4) is 5.69 Å². The van der Waals surface area contributed by atoms with Crippen LogP contribution in [0.2, 0.25) is 0 Å². The molecule has 2 aliphatic rings. The maximum atomic E-state index is 13.8. The highest BCUT2D eigenvalue weighted by Crippen LogP contribution is 2.47. The van der Waals surface area contributed by atoms with Gasteiger partial charge in [0.15, 0.2) is 0 Å². The first-order chi connectivity index (χ1) is 29.7. The molecule has 6 aromatic rings. The number of nitrogens with zero attached hydrogens (tertiary/aromatic N) is 4. The number of halogens is 6. The number of unbranched alkanes of at least 4 members (excludes halogenated alkanes) is 5. The molecule has 1 atom stereocenters. The van der Waals surface area contributed by atoms with Crippen molar-refractivity contribution in [1.29, 1.82) is 0 Å². The van der Waals surface area contributed by atoms with Gasteiger partial charge < -0.3 is 27.0 Å². The first-order valence-electron chi connectivity index (χ1n) is 20.7. The number of rotatable bonds is 13. The Morgan fingerprint density at radius 2 is 1.26 bits per heavy atom. The minimum absolute atomic E-state index is 0.203. The molecule has 0 amide bonds. The monoisotopic (exact) mass is 849 g/mol. The summed E-state index contributed by atoms with van der Waals surface area (Å²) in [5.74, 6) is 0. The second kappa shape index (κ2) is 17.1. The lowest BCUT2D eigenvalue weighted by Gasteiger charge is -2.39. The Labute approximate surface area is 355 Å². The van der Waals surface area contributed by atoms with Crippen molar-refractivity contribution >= 4 is 61.9 Å². The van der Waals surface area contributed by atoms with E-state index < -0.39 is 23.5 Å². The van der Waals surface area contributed by atoms with E-state index in [1.54, 1.807) is 0 Å². The van der Waals surface area contributed by atoms with Gasteiger partial charge in [0.2, 0.25) is 16.7 Å². The Morgan fingerprint density at radius 1 is 0.677 bits per heavy atom. The van der Waals surface area contributed by atoms with Gasteiger partial charge in [-0.2, -0.15) is 26.3 Å². The van der Waals surface area contributed by atoms with Gasteiger partial charge >= 0.3 is 12.4 Å². The van der Waals surface area contributed by atoms with Crippen LogP contribution in [0.15, 0.2) is 125 Å². The maximum Gasteiger partial charge on any atom is 0.418 e. The van der Waals surface area contributed by atoms with E-state index in [-0.39, 0.29) is 28.6 Å². The lowest BCUT2D eigenvalue weighted by atomic mass is 9.93. The number of hydrogen-bond donors (Lipinski definition) is 4. The summed E-state index contributed by atoms with van der Waals surface area (Å²) in [4.78, 5) is 11.3. The van der Waals surface area contributed by atoms with Crippen LogP contribution in [0, 0.1) is 6.92 Å². The molecule has 1 unspecified atom stereocenters. The molecule has 14 heteroatoms. The van der Waals surface area contributed by atoms with E-state index in [4.69, 9.17) is 16.5 Å². The summed E-state index contributed by atoms with van der Waals surface area (Å²) in [5, 5.41) is 7.17. The van der Waals surface area contributed by atoms with Gasteiger partial charge in [-0.3, -0.25) is 0 Å². The number of fused-ring (bicyclic) bond motifs is 4. The van der Waals surface area contributed by atoms with Crippen LogP contribution in [0.3, 0.4) is 0 Å². The number of allylic oxidation sites excluding steroid dienone is 1. The van der Waals surface area contributed by atoms with Crippen LogP contribution < -0.4 is 31.6 Å². The first-order valence-corrected chi connectivity index (χ1v) is 20.7. The Hall–Kier alpha value is -6.57. The molecule has 0 saturated heterocycles. The van der Waals surface area contributed by atoms with Crippen molar-refractivity contribution in [3.63, 3.8) is 0 Å². The molecule has 6 N–H and O–H groups in total. The number of nitrogen functional groups attached to an aromatic ring is 2. The third-order valence-electron chi connectivity index (χ3n) is 11.4. The summed E-state index contributed by atoms with van der Waals surface area (Å²) in [6.07, 6.45) is 1.03. The molecular weight excluding hydrogens is 803 g/mol. The fourth-order valence-electron chi connectivity index (χ4n) is 8.33. The Morgan fingerprint density at radius 3 is 1.94 bits per heavy atom. The first kappa shape index (κ1) is 42.1. The van der Waals surface area contributed by atoms with Gasteiger partial charge in [-0.1, -0.05) is 62.1 Å². The smallest absolute Gasteiger partial charge is 0.398 e. The number of nitrogens with two attached hydrogens (primary N) is 2. The quantitative estimate of drug-likeness (QED) is 0.0303. The molecule has 0 radical (unpaired) electrons. The Kier molecular flexibility index (Phi) is 11.6. The van der Waals surface area contributed by atoms with Crippen LogP contribution in [-0.4, -0.2) is 29.8 Å². The molecule has 0 fully saturated rings. The fourth-order valence-corrected chi connectivity index (χ4v) is 8.33. The van der Waals surface area contributed by atoms with Crippen molar-refractivity contribution in [2.75, 3.05) is 34.8 Å². The largest absolute Gasteiger partial charge is 0.418 e. The van der Waals surface area contributed by atoms with Crippen LogP contribution in [0.1, 0.15) is 62.1 Å². The van der Waals surface area contributed by atoms with E-state index in [0.717, 1.165) is 103 Å². The predicted molar refractivity (Wildman–Crippen MR) is 236 cm³/mol. The summed E-state index contributed by atoms with van der Waals surface area (Å²) in [7, 11) is 0. The van der Waals surface area contributed by atoms with Crippen molar-refractivity contribution < 1.29 is 30.9 Å². The fraction of sp³-hybridized carbons (Fsp3) is 0.271. The highest BCUT2D eigenvalue weighted by atomic mass is 19.4. The Balaban J connectivity index is 0.862. The number of aliphatic imine (C=N–C) groups is 1. The molecule has 8 rings (SSSR count). The molecule has 62 heavy (non-hydrogen) atoms. The molecule has 5 aromatic carbocycles. The number of alkyl halides is 6. The lowest BCUT2D eigenvalue weighted by molar-refractivity contribution is -0.538. The highest BCUT2D eigenvalue weighted by Gasteiger charge is 2.38. The van der Waals surface area contributed by atoms with Crippen molar-refractivity contribution in [2.24, 2.45) is 4.99 Å². The zero-order chi connectivity index (χ0) is 43.8. The summed E-state index contributed by atoms with van der Waals surface area (Å²) >= 11 is 0. The van der Waals surface area contributed by atoms with Gasteiger partial charge in [-0.15, -0.1) is 4.57 Å². The standard InChI is InChI=1S/C48H46F6N8/c1-29-21-39-45(61(31-15-9-7-10-16-31)43-25-35(55)33(47(49,50)51)23-41(43)59-39)27-37(29)57-19-13-5-3-4-6-14-20-58-38-28-46-40(22-30(38)2)60-42-24-34(48(52,53)54)36(56)26-44(42)62(46)32-17-11-8-12-18-32/h7-12,15-18,21-28,45,57H,3-6,13-14,19-20,55H2,1-2H3,(H2,56,58)/p+1. The normalized spacial score (nSPS) is 15.2. The van der Waals surface area contributed by atoms with Crippen LogP contribution >= 0.6 is 0 Å². The number of nitrogens with one attached hydrogen (secondary N) is 2. The topological polar surface area (TPSA) is 108 Å². The number of para-hydroxylation sites is 2. The average Bonchev–Trinajstić information content (AvgIpc) is 3.22. The van der Waals surface area contributed by atoms with Gasteiger partial charge in [0.25, 0.3) is 0 Å². The SMILES string of the molecule is CC1=CC2=Nc3cc(C(F)(F)F)c(N)cc3N(c3ccccc3)C2C=C1NCCCCCCCCNc1cc2c(cc1C)nc1cc(C(F)(F)F)c(N)cc1[n+]2-c1ccccc1. The molecule has 0 bridgehead atoms. The van der Waals surface area contributed by atoms with Crippen molar-refractivity contribution in [2.45, 2.75) is 70.8 Å². The van der Waals surface area contributed by atoms with Crippen molar-refractivity contribution in [1.82, 2.24) is 10.3 Å². The van der Waals surface area contributed by atoms with Crippen LogP contribution in [0.25, 0.3) is 27.8 Å². The summed E-state index contributed by atoms with van der Waals surface area (Å²) < 4.78 is 84.6. The third kappa shape index (κ3) is 8.63. The van der Waals surface area contributed by atoms with Gasteiger partial charge in [-0.05, 0) is 86.4 Å². The van der Waals surface area contributed by atoms with Gasteiger partial charge in [0.1, 0.15) is 11.0 Å². The van der Waals surface area contributed by atoms with E-state index in [1.165, 1.54) is 12.1 Å². The van der Waals surface area contributed by atoms with E-state index in [9.17, 15) is 26.3 Å². The van der Waals surface area contributed by atoms with Crippen LogP contribution in [0.4, 0.5) is 60.5 Å². The maximum absolute atomic E-state index is 13.8. The molecule has 1 aliphatic carbocycles. The second-order valence-electron chi connectivity index (χ2n) is 15.9. The molecule has 1 aromatic heterocycles. The highest BCUT2D eigenvalue weighted by molar-refractivity contribution is 6.11. The Bertz CT molecular complexity index is 2730. The van der Waals surface area contributed by atoms with Gasteiger partial charge in [-0.25, -0.2) is 9.98 Å². The molecular formula is C48H47F6N8+. The van der Waals surface area contributed by atoms with Gasteiger partial charge in [0.05, 0.1) is 39.9 Å². The number of benzene rings is 5. The summed E-state index contributed by atoms with van der Waals surface area (Å²) in [6.45, 7) is 5.47. The number of hydrogen-bond acceptors (Lipinski definition) is 7. The molecule has 8 nitrogen and oxygen atoms in total. The molecule has 0 saturated carbocycles. The second-order valence-corrected chi connectivity index (χ2v) is 15.9. The molecule has 0 spiro atoms. The van der Waals surface area contributed by atoms with E-state index in [2.05, 4.69) is 21.7 Å². The number of anilines is 5. The van der Waals surface area contributed by atoms with Crippen molar-refractivity contribution in [3.05, 3.63) is 137 Å². The molecule has 2 heterocycles. The summed E-state index contributed by atoms with van der Waals surface area (Å²) in [6, 6.07) is 27.3. The van der Waals surface area contributed by atoms with E-state index in [0.29, 0.717) is 22.4 Å². The minimum atomic E-state index is -4.60. The number of aromatic nitrogens is 2. The van der Waals surface area contributed by atoms with E-state index >= 15 is 0 Å². The molecule has 320 valence electrons. The average molecular weight is 850 g/mol. The van der Waals surface area contributed by atoms with Crippen LogP contribution in [-0.2, 0) is 12.4 Å². The number of aryl methyl sites for hydroxylation is 1. The lowest BCUT2D eigenvalue weighted by Crippen LogP contribution is -2.41. The zero-order valence-electron chi connectivity index (χ0n) is 34.3. The minimum Gasteiger partial charge on any atom is -0.398 e. The summed E-state index contributed by atoms with van der Waals surface area (Å²) in [5.41, 5.74) is 18.2.